The minimum atomic E-state index is 0.344. The molecule has 96 heavy (non-hydrogen) atoms. The molecule has 0 atom stereocenters. The third-order valence-electron chi connectivity index (χ3n) is 17.3. The number of aromatic nitrogens is 5. The van der Waals surface area contributed by atoms with Crippen molar-refractivity contribution in [3.8, 4) is 150 Å². The van der Waals surface area contributed by atoms with Gasteiger partial charge in [0.1, 0.15) is 0 Å². The van der Waals surface area contributed by atoms with Crippen LogP contribution in [0.15, 0.2) is 249 Å². The Morgan fingerprint density at radius 3 is 0.792 bits per heavy atom. The molecule has 15 aromatic rings. The molecule has 438 valence electrons. The van der Waals surface area contributed by atoms with Gasteiger partial charge in [-0.05, 0) is 190 Å². The third-order valence-corrected chi connectivity index (χ3v) is 17.3. The monoisotopic (exact) mass is 1220 g/mol. The van der Waals surface area contributed by atoms with Gasteiger partial charge in [0.15, 0.2) is 17.5 Å². The molecule has 0 N–H and O–H groups in total. The number of hydrogen-bond donors (Lipinski definition) is 0. The number of fused-ring (bicyclic) bond motifs is 6. The predicted octanol–water partition coefficient (Wildman–Crippen LogP) is 18.4. The van der Waals surface area contributed by atoms with Gasteiger partial charge in [0.2, 0.25) is 0 Å². The van der Waals surface area contributed by atoms with Gasteiger partial charge in [-0.15, -0.1) is 0 Å². The lowest BCUT2D eigenvalue weighted by atomic mass is 9.97. The highest BCUT2D eigenvalue weighted by Crippen LogP contribution is 2.45. The van der Waals surface area contributed by atoms with Crippen LogP contribution in [0.3, 0.4) is 0 Å². The van der Waals surface area contributed by atoms with Crippen molar-refractivity contribution in [3.05, 3.63) is 293 Å². The molecule has 12 aromatic carbocycles. The molecule has 0 aliphatic carbocycles. The molecular formula is C83H41N13. The van der Waals surface area contributed by atoms with E-state index < -0.39 is 0 Å². The van der Waals surface area contributed by atoms with Crippen molar-refractivity contribution < 1.29 is 0 Å². The summed E-state index contributed by atoms with van der Waals surface area (Å²) in [5.74, 6) is 1.40. The van der Waals surface area contributed by atoms with Crippen molar-refractivity contribution >= 4 is 43.6 Å². The number of nitrogens with zero attached hydrogens (tertiary/aromatic N) is 13. The minimum absolute atomic E-state index is 0.344. The predicted molar refractivity (Wildman–Crippen MR) is 370 cm³/mol. The van der Waals surface area contributed by atoms with Crippen LogP contribution in [0.5, 0.6) is 0 Å². The second kappa shape index (κ2) is 23.8. The zero-order valence-electron chi connectivity index (χ0n) is 50.5. The number of nitriles is 8. The van der Waals surface area contributed by atoms with E-state index >= 15 is 0 Å². The highest BCUT2D eigenvalue weighted by Gasteiger charge is 2.25. The standard InChI is InChI=1S/C83H41N13/c84-42-50-25-51(43-85)30-65(29-50)60-15-20-77-71(37-60)72-38-61(66-31-52(44-86)26-53(32-66)45-87)16-21-78(72)95(77)75-14-8-7-13-69(75)70-41-64(83-93-81(58-9-3-1-4-10-58)92-82(94-83)59-11-5-2-6-12-59)19-24-76(70)96-79-22-17-62(67-33-54(46-88)27-55(34-67)47-89)39-73(79)74-40-63(18-23-80(74)96)68-35-56(48-90)28-57(36-68)49-91/h1-41H. The van der Waals surface area contributed by atoms with E-state index in [-0.39, 0.29) is 0 Å². The average molecular weight is 1220 g/mol. The Balaban J connectivity index is 1.03. The normalized spacial score (nSPS) is 10.8. The summed E-state index contributed by atoms with van der Waals surface area (Å²) in [5.41, 5.74) is 17.3. The number of rotatable bonds is 10. The Hall–Kier alpha value is -14.8. The Labute approximate surface area is 549 Å². The quantitative estimate of drug-likeness (QED) is 0.125. The van der Waals surface area contributed by atoms with Gasteiger partial charge >= 0.3 is 0 Å². The maximum Gasteiger partial charge on any atom is 0.164 e. The van der Waals surface area contributed by atoms with E-state index in [0.29, 0.717) is 89.8 Å². The maximum atomic E-state index is 10.1. The first-order valence-corrected chi connectivity index (χ1v) is 30.2. The van der Waals surface area contributed by atoms with Crippen LogP contribution in [0.2, 0.25) is 0 Å². The Morgan fingerprint density at radius 1 is 0.208 bits per heavy atom. The summed E-state index contributed by atoms with van der Waals surface area (Å²) < 4.78 is 4.46. The summed E-state index contributed by atoms with van der Waals surface area (Å²) in [7, 11) is 0. The molecule has 0 aliphatic rings. The van der Waals surface area contributed by atoms with Gasteiger partial charge in [0.05, 0.1) is 127 Å². The molecular weight excluding hydrogens is 1180 g/mol. The lowest BCUT2D eigenvalue weighted by Crippen LogP contribution is -2.03. The van der Waals surface area contributed by atoms with Gasteiger partial charge in [0.25, 0.3) is 0 Å². The molecule has 13 nitrogen and oxygen atoms in total. The Bertz CT molecular complexity index is 5740. The molecule has 3 aromatic heterocycles. The number of benzene rings is 12. The number of para-hydroxylation sites is 1. The zero-order chi connectivity index (χ0) is 65.6. The second-order valence-corrected chi connectivity index (χ2v) is 23.0. The van der Waals surface area contributed by atoms with Gasteiger partial charge < -0.3 is 9.13 Å². The van der Waals surface area contributed by atoms with Crippen molar-refractivity contribution in [1.82, 2.24) is 24.1 Å². The number of hydrogen-bond acceptors (Lipinski definition) is 11. The molecule has 0 unspecified atom stereocenters. The first-order valence-electron chi connectivity index (χ1n) is 30.2. The van der Waals surface area contributed by atoms with Crippen LogP contribution >= 0.6 is 0 Å². The molecule has 0 aliphatic heterocycles. The minimum Gasteiger partial charge on any atom is -0.309 e. The topological polar surface area (TPSA) is 239 Å². The fourth-order valence-electron chi connectivity index (χ4n) is 12.9. The summed E-state index contributed by atoms with van der Waals surface area (Å²) >= 11 is 0. The third kappa shape index (κ3) is 10.3. The fraction of sp³-hybridized carbons (Fsp3) is 0. The van der Waals surface area contributed by atoms with E-state index in [4.69, 9.17) is 15.0 Å². The van der Waals surface area contributed by atoms with Crippen molar-refractivity contribution in [2.45, 2.75) is 0 Å². The van der Waals surface area contributed by atoms with Gasteiger partial charge in [-0.3, -0.25) is 0 Å². The van der Waals surface area contributed by atoms with Crippen molar-refractivity contribution in [2.75, 3.05) is 0 Å². The molecule has 0 spiro atoms. The van der Waals surface area contributed by atoms with Gasteiger partial charge in [0, 0.05) is 49.4 Å². The van der Waals surface area contributed by atoms with E-state index in [2.05, 4.69) is 118 Å². The molecule has 13 heteroatoms. The van der Waals surface area contributed by atoms with E-state index in [1.165, 1.54) is 0 Å². The SMILES string of the molecule is N#Cc1cc(C#N)cc(-c2ccc3c(c2)c2cc(-c4cc(C#N)cc(C#N)c4)ccc2n3-c2ccccc2-c2cc(-c3nc(-c4ccccc4)nc(-c4ccccc4)n3)ccc2-n2c3ccc(-c4cc(C#N)cc(C#N)c4)cc3c3cc(-c4cc(C#N)cc(C#N)c4)ccc32)c1. The van der Waals surface area contributed by atoms with Crippen LogP contribution < -0.4 is 0 Å². The molecule has 0 amide bonds. The average Bonchev–Trinajstić information content (AvgIpc) is 1.55. The summed E-state index contributed by atoms with van der Waals surface area (Å²) in [5, 5.41) is 84.3. The van der Waals surface area contributed by atoms with Crippen molar-refractivity contribution in [2.24, 2.45) is 0 Å². The maximum absolute atomic E-state index is 10.1. The van der Waals surface area contributed by atoms with Gasteiger partial charge in [-0.1, -0.05) is 103 Å². The van der Waals surface area contributed by atoms with Crippen LogP contribution in [0.25, 0.3) is 145 Å². The largest absolute Gasteiger partial charge is 0.309 e. The molecule has 0 bridgehead atoms. The van der Waals surface area contributed by atoms with Crippen LogP contribution in [-0.2, 0) is 0 Å². The molecule has 0 fully saturated rings. The first kappa shape index (κ1) is 57.6. The summed E-state index contributed by atoms with van der Waals surface area (Å²) in [6.07, 6.45) is 0. The molecule has 3 heterocycles. The van der Waals surface area contributed by atoms with Crippen molar-refractivity contribution in [1.29, 1.82) is 42.1 Å². The van der Waals surface area contributed by atoms with E-state index in [0.717, 1.165) is 99.5 Å². The Morgan fingerprint density at radius 2 is 0.479 bits per heavy atom. The molecule has 0 saturated heterocycles. The van der Waals surface area contributed by atoms with Crippen LogP contribution in [0.1, 0.15) is 44.5 Å². The van der Waals surface area contributed by atoms with Crippen LogP contribution in [0.4, 0.5) is 0 Å². The first-order chi connectivity index (χ1) is 47.1. The second-order valence-electron chi connectivity index (χ2n) is 23.0. The van der Waals surface area contributed by atoms with Crippen molar-refractivity contribution in [3.63, 3.8) is 0 Å². The van der Waals surface area contributed by atoms with Gasteiger partial charge in [-0.2, -0.15) is 42.1 Å². The molecule has 0 saturated carbocycles. The summed E-state index contributed by atoms with van der Waals surface area (Å²) in [6.45, 7) is 0. The summed E-state index contributed by atoms with van der Waals surface area (Å²) in [6, 6.07) is 96.7. The molecule has 15 rings (SSSR count). The van der Waals surface area contributed by atoms with Crippen LogP contribution in [0, 0.1) is 90.6 Å². The lowest BCUT2D eigenvalue weighted by molar-refractivity contribution is 1.07. The smallest absolute Gasteiger partial charge is 0.164 e. The highest BCUT2D eigenvalue weighted by molar-refractivity contribution is 6.14. The van der Waals surface area contributed by atoms with Gasteiger partial charge in [-0.25, -0.2) is 15.0 Å². The highest BCUT2D eigenvalue weighted by atomic mass is 15.0. The lowest BCUT2D eigenvalue weighted by Gasteiger charge is -2.20. The fourth-order valence-corrected chi connectivity index (χ4v) is 12.9. The zero-order valence-corrected chi connectivity index (χ0v) is 50.5. The van der Waals surface area contributed by atoms with Crippen LogP contribution in [-0.4, -0.2) is 24.1 Å². The Kier molecular flexibility index (Phi) is 14.3. The van der Waals surface area contributed by atoms with E-state index in [1.54, 1.807) is 72.8 Å². The molecule has 0 radical (unpaired) electrons. The summed E-state index contributed by atoms with van der Waals surface area (Å²) in [4.78, 5) is 15.5. The van der Waals surface area contributed by atoms with E-state index in [1.807, 2.05) is 115 Å². The van der Waals surface area contributed by atoms with E-state index in [9.17, 15) is 42.1 Å².